The highest BCUT2D eigenvalue weighted by atomic mass is 35.5. The maximum atomic E-state index is 13.6. The Bertz CT molecular complexity index is 827. The molecule has 2 aromatic rings. The molecule has 1 aliphatic rings. The molecule has 0 saturated carbocycles. The van der Waals surface area contributed by atoms with Crippen LogP contribution in [-0.2, 0) is 22.4 Å². The Balaban J connectivity index is 1.45. The number of nitrogens with zero attached hydrogens (tertiary/aromatic N) is 1. The van der Waals surface area contributed by atoms with Crippen LogP contribution >= 0.6 is 11.6 Å². The van der Waals surface area contributed by atoms with Gasteiger partial charge in [0.05, 0.1) is 5.92 Å². The lowest BCUT2D eigenvalue weighted by Gasteiger charge is -2.16. The van der Waals surface area contributed by atoms with E-state index in [9.17, 15) is 14.0 Å². The van der Waals surface area contributed by atoms with E-state index in [0.717, 1.165) is 5.56 Å². The molecule has 2 aromatic carbocycles. The molecule has 1 saturated heterocycles. The SMILES string of the molecule is O=C(NCCc1ccccc1F)C1CC(=O)N(CCc2cccc(Cl)c2)C1. The number of hydrogen-bond acceptors (Lipinski definition) is 2. The van der Waals surface area contributed by atoms with Crippen LogP contribution in [0.4, 0.5) is 4.39 Å². The van der Waals surface area contributed by atoms with Gasteiger partial charge in [-0.25, -0.2) is 4.39 Å². The van der Waals surface area contributed by atoms with Crippen molar-refractivity contribution in [1.29, 1.82) is 0 Å². The average molecular weight is 389 g/mol. The minimum absolute atomic E-state index is 0.00807. The number of halogens is 2. The molecule has 3 rings (SSSR count). The number of rotatable bonds is 7. The summed E-state index contributed by atoms with van der Waals surface area (Å²) in [6, 6.07) is 14.1. The zero-order chi connectivity index (χ0) is 19.2. The van der Waals surface area contributed by atoms with Gasteiger partial charge in [0, 0.05) is 31.1 Å². The zero-order valence-electron chi connectivity index (χ0n) is 15.0. The van der Waals surface area contributed by atoms with Crippen molar-refractivity contribution < 1.29 is 14.0 Å². The Morgan fingerprint density at radius 2 is 2.00 bits per heavy atom. The van der Waals surface area contributed by atoms with Crippen molar-refractivity contribution in [2.45, 2.75) is 19.3 Å². The maximum Gasteiger partial charge on any atom is 0.225 e. The number of nitrogens with one attached hydrogen (secondary N) is 1. The second-order valence-corrected chi connectivity index (χ2v) is 7.19. The molecule has 1 atom stereocenters. The van der Waals surface area contributed by atoms with E-state index in [4.69, 9.17) is 11.6 Å². The van der Waals surface area contributed by atoms with Crippen molar-refractivity contribution in [3.05, 3.63) is 70.5 Å². The fourth-order valence-electron chi connectivity index (χ4n) is 3.29. The molecule has 1 unspecified atom stereocenters. The van der Waals surface area contributed by atoms with E-state index in [1.807, 2.05) is 24.3 Å². The van der Waals surface area contributed by atoms with Gasteiger partial charge >= 0.3 is 0 Å². The van der Waals surface area contributed by atoms with E-state index in [2.05, 4.69) is 5.32 Å². The summed E-state index contributed by atoms with van der Waals surface area (Å²) in [5.74, 6) is -0.774. The summed E-state index contributed by atoms with van der Waals surface area (Å²) in [6.07, 6.45) is 1.35. The summed E-state index contributed by atoms with van der Waals surface area (Å²) in [5.41, 5.74) is 1.64. The van der Waals surface area contributed by atoms with Gasteiger partial charge in [-0.3, -0.25) is 9.59 Å². The van der Waals surface area contributed by atoms with E-state index in [0.29, 0.717) is 43.1 Å². The molecule has 1 fully saturated rings. The lowest BCUT2D eigenvalue weighted by molar-refractivity contribution is -0.129. The molecule has 142 valence electrons. The molecule has 2 amide bonds. The second kappa shape index (κ2) is 9.00. The summed E-state index contributed by atoms with van der Waals surface area (Å²) in [6.45, 7) is 1.34. The first-order chi connectivity index (χ1) is 13.0. The number of amides is 2. The average Bonchev–Trinajstić information content (AvgIpc) is 3.02. The fourth-order valence-corrected chi connectivity index (χ4v) is 3.50. The van der Waals surface area contributed by atoms with Crippen molar-refractivity contribution >= 4 is 23.4 Å². The standard InChI is InChI=1S/C21H22ClFN2O2/c22-18-6-3-4-15(12-18)9-11-25-14-17(13-20(25)26)21(27)24-10-8-16-5-1-2-7-19(16)23/h1-7,12,17H,8-11,13-14H2,(H,24,27). The topological polar surface area (TPSA) is 49.4 Å². The van der Waals surface area contributed by atoms with Gasteiger partial charge in [-0.1, -0.05) is 41.9 Å². The van der Waals surface area contributed by atoms with Crippen molar-refractivity contribution in [3.63, 3.8) is 0 Å². The van der Waals surface area contributed by atoms with Crippen molar-refractivity contribution in [1.82, 2.24) is 10.2 Å². The third-order valence-corrected chi connectivity index (χ3v) is 5.03. The van der Waals surface area contributed by atoms with Gasteiger partial charge in [0.2, 0.25) is 11.8 Å². The number of likely N-dealkylation sites (tertiary alicyclic amines) is 1. The Hall–Kier alpha value is -2.40. The van der Waals surface area contributed by atoms with Gasteiger partial charge in [-0.2, -0.15) is 0 Å². The molecular formula is C21H22ClFN2O2. The lowest BCUT2D eigenvalue weighted by atomic mass is 10.1. The molecule has 0 spiro atoms. The number of carbonyl (C=O) groups excluding carboxylic acids is 2. The normalized spacial score (nSPS) is 16.6. The third kappa shape index (κ3) is 5.30. The monoisotopic (exact) mass is 388 g/mol. The van der Waals surface area contributed by atoms with E-state index in [-0.39, 0.29) is 30.0 Å². The van der Waals surface area contributed by atoms with Gasteiger partial charge in [-0.15, -0.1) is 0 Å². The van der Waals surface area contributed by atoms with Gasteiger partial charge in [0.25, 0.3) is 0 Å². The molecule has 4 nitrogen and oxygen atoms in total. The summed E-state index contributed by atoms with van der Waals surface area (Å²) >= 11 is 5.98. The van der Waals surface area contributed by atoms with Gasteiger partial charge < -0.3 is 10.2 Å². The molecule has 0 aliphatic carbocycles. The molecular weight excluding hydrogens is 367 g/mol. The van der Waals surface area contributed by atoms with Gasteiger partial charge in [0.1, 0.15) is 5.82 Å². The van der Waals surface area contributed by atoms with Crippen LogP contribution in [0.5, 0.6) is 0 Å². The first-order valence-corrected chi connectivity index (χ1v) is 9.44. The molecule has 1 aliphatic heterocycles. The second-order valence-electron chi connectivity index (χ2n) is 6.75. The van der Waals surface area contributed by atoms with E-state index >= 15 is 0 Å². The minimum Gasteiger partial charge on any atom is -0.355 e. The highest BCUT2D eigenvalue weighted by molar-refractivity contribution is 6.30. The summed E-state index contributed by atoms with van der Waals surface area (Å²) < 4.78 is 13.6. The zero-order valence-corrected chi connectivity index (χ0v) is 15.7. The Labute approximate surface area is 163 Å². The van der Waals surface area contributed by atoms with E-state index in [1.54, 1.807) is 23.1 Å². The number of benzene rings is 2. The van der Waals surface area contributed by atoms with Crippen LogP contribution in [-0.4, -0.2) is 36.3 Å². The molecule has 6 heteroatoms. The van der Waals surface area contributed by atoms with E-state index < -0.39 is 0 Å². The quantitative estimate of drug-likeness (QED) is 0.791. The first kappa shape index (κ1) is 19.4. The highest BCUT2D eigenvalue weighted by Crippen LogP contribution is 2.19. The van der Waals surface area contributed by atoms with Crippen LogP contribution in [0.25, 0.3) is 0 Å². The predicted octanol–water partition coefficient (Wildman–Crippen LogP) is 3.23. The third-order valence-electron chi connectivity index (χ3n) is 4.80. The van der Waals surface area contributed by atoms with Crippen LogP contribution in [0.1, 0.15) is 17.5 Å². The van der Waals surface area contributed by atoms with Crippen LogP contribution in [0.15, 0.2) is 48.5 Å². The van der Waals surface area contributed by atoms with Crippen LogP contribution < -0.4 is 5.32 Å². The first-order valence-electron chi connectivity index (χ1n) is 9.06. The van der Waals surface area contributed by atoms with Crippen molar-refractivity contribution in [2.24, 2.45) is 5.92 Å². The predicted molar refractivity (Wildman–Crippen MR) is 103 cm³/mol. The van der Waals surface area contributed by atoms with Crippen molar-refractivity contribution in [2.75, 3.05) is 19.6 Å². The molecule has 0 radical (unpaired) electrons. The summed E-state index contributed by atoms with van der Waals surface area (Å²) in [5, 5.41) is 3.49. The molecule has 0 aromatic heterocycles. The van der Waals surface area contributed by atoms with Gasteiger partial charge in [-0.05, 0) is 42.2 Å². The minimum atomic E-state index is -0.350. The Kier molecular flexibility index (Phi) is 6.45. The smallest absolute Gasteiger partial charge is 0.225 e. The number of hydrogen-bond donors (Lipinski definition) is 1. The summed E-state index contributed by atoms with van der Waals surface area (Å²) in [4.78, 5) is 26.2. The fraction of sp³-hybridized carbons (Fsp3) is 0.333. The van der Waals surface area contributed by atoms with Crippen LogP contribution in [0.3, 0.4) is 0 Å². The highest BCUT2D eigenvalue weighted by Gasteiger charge is 2.33. The molecule has 0 bridgehead atoms. The van der Waals surface area contributed by atoms with Crippen LogP contribution in [0, 0.1) is 11.7 Å². The van der Waals surface area contributed by atoms with E-state index in [1.165, 1.54) is 6.07 Å². The Morgan fingerprint density at radius 3 is 2.78 bits per heavy atom. The molecule has 1 N–H and O–H groups in total. The molecule has 27 heavy (non-hydrogen) atoms. The largest absolute Gasteiger partial charge is 0.355 e. The number of carbonyl (C=O) groups is 2. The van der Waals surface area contributed by atoms with Crippen LogP contribution in [0.2, 0.25) is 5.02 Å². The summed E-state index contributed by atoms with van der Waals surface area (Å²) in [7, 11) is 0. The molecule has 1 heterocycles. The Morgan fingerprint density at radius 1 is 1.19 bits per heavy atom. The maximum absolute atomic E-state index is 13.6. The van der Waals surface area contributed by atoms with Gasteiger partial charge in [0.15, 0.2) is 0 Å². The lowest BCUT2D eigenvalue weighted by Crippen LogP contribution is -2.34. The van der Waals surface area contributed by atoms with Crippen molar-refractivity contribution in [3.8, 4) is 0 Å².